The number of epoxide rings is 2. The molecule has 2 unspecified atom stereocenters. The summed E-state index contributed by atoms with van der Waals surface area (Å²) in [6, 6.07) is 16.7. The van der Waals surface area contributed by atoms with E-state index in [9.17, 15) is 0 Å². The van der Waals surface area contributed by atoms with Crippen LogP contribution in [-0.4, -0.2) is 38.6 Å². The van der Waals surface area contributed by atoms with Crippen LogP contribution in [0.1, 0.15) is 0 Å². The minimum atomic E-state index is 0.248. The molecule has 5 rings (SSSR count). The van der Waals surface area contributed by atoms with Gasteiger partial charge in [0.1, 0.15) is 36.9 Å². The molecule has 0 bridgehead atoms. The second-order valence-corrected chi connectivity index (χ2v) is 6.34. The van der Waals surface area contributed by atoms with Crippen LogP contribution in [0, 0.1) is 0 Å². The number of ether oxygens (including phenoxy) is 4. The molecule has 0 spiro atoms. The second-order valence-electron chi connectivity index (χ2n) is 6.34. The van der Waals surface area contributed by atoms with Gasteiger partial charge in [-0.25, -0.2) is 0 Å². The van der Waals surface area contributed by atoms with E-state index in [4.69, 9.17) is 18.9 Å². The molecule has 0 aromatic heterocycles. The van der Waals surface area contributed by atoms with E-state index in [2.05, 4.69) is 24.3 Å². The maximum atomic E-state index is 5.95. The average molecular weight is 322 g/mol. The fraction of sp³-hybridized carbons (Fsp3) is 0.300. The Kier molecular flexibility index (Phi) is 3.32. The van der Waals surface area contributed by atoms with Gasteiger partial charge in [0, 0.05) is 10.8 Å². The normalized spacial score (nSPS) is 21.8. The minimum absolute atomic E-state index is 0.248. The lowest BCUT2D eigenvalue weighted by Gasteiger charge is -2.12. The van der Waals surface area contributed by atoms with Gasteiger partial charge in [-0.2, -0.15) is 0 Å². The third kappa shape index (κ3) is 2.79. The first-order chi connectivity index (χ1) is 11.9. The Labute approximate surface area is 139 Å². The molecule has 0 amide bonds. The summed E-state index contributed by atoms with van der Waals surface area (Å²) >= 11 is 0. The molecule has 0 N–H and O–H groups in total. The standard InChI is InChI=1S/C20H18O4/c1-3-13-7-14-4-2-6-20(24-12-16-10-22-16)18(14)8-17(13)19(5-1)23-11-15-9-21-15/h1-8,15-16H,9-12H2. The topological polar surface area (TPSA) is 43.5 Å². The van der Waals surface area contributed by atoms with Gasteiger partial charge in [-0.1, -0.05) is 24.3 Å². The van der Waals surface area contributed by atoms with Gasteiger partial charge in [0.25, 0.3) is 0 Å². The Hall–Kier alpha value is -2.30. The molecular weight excluding hydrogens is 304 g/mol. The molecule has 0 saturated carbocycles. The van der Waals surface area contributed by atoms with Crippen LogP contribution in [0.15, 0.2) is 48.5 Å². The van der Waals surface area contributed by atoms with E-state index in [1.54, 1.807) is 0 Å². The van der Waals surface area contributed by atoms with Crippen molar-refractivity contribution >= 4 is 21.5 Å². The smallest absolute Gasteiger partial charge is 0.127 e. The molecule has 4 nitrogen and oxygen atoms in total. The highest BCUT2D eigenvalue weighted by Crippen LogP contribution is 2.34. The third-order valence-corrected chi connectivity index (χ3v) is 4.45. The molecule has 122 valence electrons. The van der Waals surface area contributed by atoms with Crippen LogP contribution in [0.5, 0.6) is 11.5 Å². The summed E-state index contributed by atoms with van der Waals surface area (Å²) in [6.45, 7) is 2.81. The highest BCUT2D eigenvalue weighted by Gasteiger charge is 2.24. The molecule has 0 aliphatic carbocycles. The highest BCUT2D eigenvalue weighted by atomic mass is 16.6. The highest BCUT2D eigenvalue weighted by molar-refractivity contribution is 6.03. The van der Waals surface area contributed by atoms with E-state index in [-0.39, 0.29) is 12.2 Å². The summed E-state index contributed by atoms with van der Waals surface area (Å²) in [5.74, 6) is 1.79. The van der Waals surface area contributed by atoms with Gasteiger partial charge in [-0.05, 0) is 35.0 Å². The zero-order chi connectivity index (χ0) is 15.9. The lowest BCUT2D eigenvalue weighted by molar-refractivity contribution is 0.265. The van der Waals surface area contributed by atoms with Crippen molar-refractivity contribution in [1.29, 1.82) is 0 Å². The number of hydrogen-bond acceptors (Lipinski definition) is 4. The van der Waals surface area contributed by atoms with Crippen molar-refractivity contribution in [3.8, 4) is 11.5 Å². The van der Waals surface area contributed by atoms with Crippen LogP contribution in [0.25, 0.3) is 21.5 Å². The van der Waals surface area contributed by atoms with E-state index in [0.29, 0.717) is 13.2 Å². The predicted octanol–water partition coefficient (Wildman–Crippen LogP) is 3.55. The first kappa shape index (κ1) is 14.1. The molecule has 2 atom stereocenters. The van der Waals surface area contributed by atoms with E-state index in [1.165, 1.54) is 10.8 Å². The van der Waals surface area contributed by atoms with E-state index in [0.717, 1.165) is 35.5 Å². The largest absolute Gasteiger partial charge is 0.490 e. The Morgan fingerprint density at radius 3 is 1.71 bits per heavy atom. The monoisotopic (exact) mass is 322 g/mol. The molecule has 3 aromatic carbocycles. The Bertz CT molecular complexity index is 826. The quantitative estimate of drug-likeness (QED) is 0.514. The van der Waals surface area contributed by atoms with Crippen molar-refractivity contribution in [2.24, 2.45) is 0 Å². The van der Waals surface area contributed by atoms with Gasteiger partial charge >= 0.3 is 0 Å². The van der Waals surface area contributed by atoms with Gasteiger partial charge in [-0.15, -0.1) is 0 Å². The number of rotatable bonds is 6. The molecule has 0 radical (unpaired) electrons. The predicted molar refractivity (Wildman–Crippen MR) is 91.9 cm³/mol. The lowest BCUT2D eigenvalue weighted by Crippen LogP contribution is -2.05. The number of benzene rings is 3. The van der Waals surface area contributed by atoms with Gasteiger partial charge in [0.05, 0.1) is 13.2 Å². The maximum Gasteiger partial charge on any atom is 0.127 e. The summed E-state index contributed by atoms with van der Waals surface area (Å²) in [7, 11) is 0. The molecule has 24 heavy (non-hydrogen) atoms. The van der Waals surface area contributed by atoms with Crippen LogP contribution < -0.4 is 9.47 Å². The number of hydrogen-bond donors (Lipinski definition) is 0. The van der Waals surface area contributed by atoms with Crippen molar-refractivity contribution in [3.63, 3.8) is 0 Å². The second kappa shape index (κ2) is 5.65. The summed E-state index contributed by atoms with van der Waals surface area (Å²) in [5, 5.41) is 4.53. The Morgan fingerprint density at radius 2 is 1.25 bits per heavy atom. The molecule has 2 aliphatic rings. The van der Waals surface area contributed by atoms with Crippen molar-refractivity contribution in [1.82, 2.24) is 0 Å². The van der Waals surface area contributed by atoms with E-state index < -0.39 is 0 Å². The van der Waals surface area contributed by atoms with E-state index >= 15 is 0 Å². The fourth-order valence-electron chi connectivity index (χ4n) is 2.94. The van der Waals surface area contributed by atoms with Crippen LogP contribution in [0.3, 0.4) is 0 Å². The summed E-state index contributed by atoms with van der Waals surface area (Å²) < 4.78 is 22.4. The lowest BCUT2D eigenvalue weighted by atomic mass is 10.0. The van der Waals surface area contributed by atoms with Crippen LogP contribution in [-0.2, 0) is 9.47 Å². The van der Waals surface area contributed by atoms with Crippen molar-refractivity contribution < 1.29 is 18.9 Å². The molecule has 4 heteroatoms. The molecule has 2 heterocycles. The minimum Gasteiger partial charge on any atom is -0.490 e. The SMILES string of the molecule is c1cc(OCC2CO2)c2cc3c(OCC4CO4)cccc3cc2c1. The summed E-state index contributed by atoms with van der Waals surface area (Å²) in [4.78, 5) is 0. The maximum absolute atomic E-state index is 5.95. The average Bonchev–Trinajstić information content (AvgIpc) is 3.51. The van der Waals surface area contributed by atoms with Crippen molar-refractivity contribution in [3.05, 3.63) is 48.5 Å². The first-order valence-corrected chi connectivity index (χ1v) is 8.31. The van der Waals surface area contributed by atoms with Gasteiger partial charge in [-0.3, -0.25) is 0 Å². The van der Waals surface area contributed by atoms with E-state index in [1.807, 2.05) is 24.3 Å². The van der Waals surface area contributed by atoms with Crippen molar-refractivity contribution in [2.45, 2.75) is 12.2 Å². The Morgan fingerprint density at radius 1 is 0.750 bits per heavy atom. The molecule has 2 aliphatic heterocycles. The van der Waals surface area contributed by atoms with Gasteiger partial charge < -0.3 is 18.9 Å². The van der Waals surface area contributed by atoms with Gasteiger partial charge in [0.2, 0.25) is 0 Å². The molecular formula is C20H18O4. The number of fused-ring (bicyclic) bond motifs is 2. The first-order valence-electron chi connectivity index (χ1n) is 8.31. The summed E-state index contributed by atoms with van der Waals surface area (Å²) in [6.07, 6.45) is 0.497. The third-order valence-electron chi connectivity index (χ3n) is 4.45. The van der Waals surface area contributed by atoms with Crippen LogP contribution in [0.4, 0.5) is 0 Å². The molecule has 3 aromatic rings. The van der Waals surface area contributed by atoms with Gasteiger partial charge in [0.15, 0.2) is 0 Å². The fourth-order valence-corrected chi connectivity index (χ4v) is 2.94. The van der Waals surface area contributed by atoms with Crippen molar-refractivity contribution in [2.75, 3.05) is 26.4 Å². The van der Waals surface area contributed by atoms with Crippen LogP contribution >= 0.6 is 0 Å². The van der Waals surface area contributed by atoms with Crippen LogP contribution in [0.2, 0.25) is 0 Å². The zero-order valence-electron chi connectivity index (χ0n) is 13.2. The Balaban J connectivity index is 1.56. The summed E-state index contributed by atoms with van der Waals surface area (Å²) in [5.41, 5.74) is 0. The molecule has 2 saturated heterocycles. The zero-order valence-corrected chi connectivity index (χ0v) is 13.2. The molecule has 2 fully saturated rings.